The summed E-state index contributed by atoms with van der Waals surface area (Å²) in [7, 11) is 0. The van der Waals surface area contributed by atoms with Gasteiger partial charge in [0.15, 0.2) is 5.69 Å². The van der Waals surface area contributed by atoms with Gasteiger partial charge < -0.3 is 10.6 Å². The molecule has 1 aromatic carbocycles. The van der Waals surface area contributed by atoms with Gasteiger partial charge in [-0.1, -0.05) is 23.5 Å². The monoisotopic (exact) mass is 298 g/mol. The van der Waals surface area contributed by atoms with Gasteiger partial charge in [-0.25, -0.2) is 0 Å². The van der Waals surface area contributed by atoms with Gasteiger partial charge in [0.1, 0.15) is 0 Å². The van der Waals surface area contributed by atoms with Crippen molar-refractivity contribution in [3.63, 3.8) is 0 Å². The van der Waals surface area contributed by atoms with Crippen LogP contribution in [0.1, 0.15) is 23.0 Å². The fraction of sp³-hybridized carbons (Fsp3) is 0.250. The zero-order valence-electron chi connectivity index (χ0n) is 10.4. The SMILES string of the molecule is CCNCc1cccc(NC(=O)c2csnn2)c1.Cl. The number of hydrogen-bond acceptors (Lipinski definition) is 5. The Kier molecular flexibility index (Phi) is 6.41. The highest BCUT2D eigenvalue weighted by Gasteiger charge is 2.08. The Morgan fingerprint density at radius 1 is 1.42 bits per heavy atom. The van der Waals surface area contributed by atoms with Gasteiger partial charge in [0, 0.05) is 17.6 Å². The number of halogens is 1. The summed E-state index contributed by atoms with van der Waals surface area (Å²) in [6, 6.07) is 7.73. The highest BCUT2D eigenvalue weighted by atomic mass is 35.5. The summed E-state index contributed by atoms with van der Waals surface area (Å²) < 4.78 is 3.66. The minimum atomic E-state index is -0.232. The van der Waals surface area contributed by atoms with Crippen molar-refractivity contribution >= 4 is 35.5 Å². The van der Waals surface area contributed by atoms with E-state index in [-0.39, 0.29) is 18.3 Å². The molecule has 19 heavy (non-hydrogen) atoms. The van der Waals surface area contributed by atoms with Gasteiger partial charge in [0.25, 0.3) is 5.91 Å². The largest absolute Gasteiger partial charge is 0.321 e. The van der Waals surface area contributed by atoms with E-state index in [1.54, 1.807) is 5.38 Å². The molecule has 0 atom stereocenters. The molecular formula is C12H15ClN4OS. The molecule has 0 spiro atoms. The predicted molar refractivity (Wildman–Crippen MR) is 78.9 cm³/mol. The van der Waals surface area contributed by atoms with Crippen LogP contribution in [0.2, 0.25) is 0 Å². The summed E-state index contributed by atoms with van der Waals surface area (Å²) in [5.41, 5.74) is 2.24. The van der Waals surface area contributed by atoms with E-state index in [0.29, 0.717) is 5.69 Å². The number of nitrogens with zero attached hydrogens (tertiary/aromatic N) is 2. The normalized spacial score (nSPS) is 9.74. The molecule has 0 aliphatic rings. The second kappa shape index (κ2) is 7.83. The molecule has 0 aliphatic heterocycles. The molecule has 2 aromatic rings. The van der Waals surface area contributed by atoms with Crippen molar-refractivity contribution in [2.24, 2.45) is 0 Å². The molecule has 1 aromatic heterocycles. The summed E-state index contributed by atoms with van der Waals surface area (Å²) in [5, 5.41) is 11.4. The molecule has 1 heterocycles. The maximum atomic E-state index is 11.8. The van der Waals surface area contributed by atoms with Crippen LogP contribution < -0.4 is 10.6 Å². The predicted octanol–water partition coefficient (Wildman–Crippen LogP) is 2.32. The van der Waals surface area contributed by atoms with Crippen molar-refractivity contribution in [2.45, 2.75) is 13.5 Å². The van der Waals surface area contributed by atoms with Gasteiger partial charge >= 0.3 is 0 Å². The summed E-state index contributed by atoms with van der Waals surface area (Å²) in [5.74, 6) is -0.232. The average Bonchev–Trinajstić information content (AvgIpc) is 2.91. The Hall–Kier alpha value is -1.50. The van der Waals surface area contributed by atoms with Crippen LogP contribution in [0.15, 0.2) is 29.6 Å². The van der Waals surface area contributed by atoms with E-state index in [4.69, 9.17) is 0 Å². The summed E-state index contributed by atoms with van der Waals surface area (Å²) in [4.78, 5) is 11.8. The lowest BCUT2D eigenvalue weighted by Gasteiger charge is -2.06. The van der Waals surface area contributed by atoms with E-state index in [1.165, 1.54) is 0 Å². The molecule has 0 aliphatic carbocycles. The molecular weight excluding hydrogens is 284 g/mol. The fourth-order valence-electron chi connectivity index (χ4n) is 1.49. The van der Waals surface area contributed by atoms with Gasteiger partial charge in [-0.2, -0.15) is 0 Å². The molecule has 0 radical (unpaired) electrons. The number of anilines is 1. The Bertz CT molecular complexity index is 518. The van der Waals surface area contributed by atoms with E-state index < -0.39 is 0 Å². The first-order valence-corrected chi connectivity index (χ1v) is 6.51. The molecule has 0 saturated heterocycles. The molecule has 0 fully saturated rings. The quantitative estimate of drug-likeness (QED) is 0.889. The molecule has 0 unspecified atom stereocenters. The minimum absolute atomic E-state index is 0. The van der Waals surface area contributed by atoms with E-state index >= 15 is 0 Å². The molecule has 2 rings (SSSR count). The highest BCUT2D eigenvalue weighted by Crippen LogP contribution is 2.12. The Balaban J connectivity index is 0.00000180. The number of hydrogen-bond donors (Lipinski definition) is 2. The minimum Gasteiger partial charge on any atom is -0.321 e. The number of nitrogens with one attached hydrogen (secondary N) is 2. The van der Waals surface area contributed by atoms with E-state index in [2.05, 4.69) is 27.1 Å². The van der Waals surface area contributed by atoms with Gasteiger partial charge in [0.05, 0.1) is 0 Å². The molecule has 1 amide bonds. The van der Waals surface area contributed by atoms with Gasteiger partial charge in [0.2, 0.25) is 0 Å². The lowest BCUT2D eigenvalue weighted by atomic mass is 10.2. The first-order valence-electron chi connectivity index (χ1n) is 5.67. The van der Waals surface area contributed by atoms with Crippen LogP contribution in [0.5, 0.6) is 0 Å². The maximum absolute atomic E-state index is 11.8. The van der Waals surface area contributed by atoms with Gasteiger partial charge in [-0.15, -0.1) is 17.5 Å². The van der Waals surface area contributed by atoms with Gasteiger partial charge in [-0.3, -0.25) is 4.79 Å². The topological polar surface area (TPSA) is 66.9 Å². The molecule has 0 bridgehead atoms. The van der Waals surface area contributed by atoms with Crippen molar-refractivity contribution in [1.82, 2.24) is 14.9 Å². The first-order chi connectivity index (χ1) is 8.79. The number of aromatic nitrogens is 2. The van der Waals surface area contributed by atoms with Crippen LogP contribution in [0.4, 0.5) is 5.69 Å². The highest BCUT2D eigenvalue weighted by molar-refractivity contribution is 7.03. The van der Waals surface area contributed by atoms with Crippen LogP contribution in [-0.2, 0) is 6.54 Å². The average molecular weight is 299 g/mol. The third-order valence-corrected chi connectivity index (χ3v) is 2.86. The number of amides is 1. The Morgan fingerprint density at radius 3 is 2.95 bits per heavy atom. The standard InChI is InChI=1S/C12H14N4OS.ClH/c1-2-13-7-9-4-3-5-10(6-9)14-12(17)11-8-18-16-15-11;/h3-6,8,13H,2,7H2,1H3,(H,14,17);1H. The zero-order chi connectivity index (χ0) is 12.8. The number of benzene rings is 1. The van der Waals surface area contributed by atoms with Crippen LogP contribution >= 0.6 is 23.9 Å². The molecule has 0 saturated carbocycles. The van der Waals surface area contributed by atoms with Crippen LogP contribution in [-0.4, -0.2) is 22.0 Å². The van der Waals surface area contributed by atoms with Gasteiger partial charge in [-0.05, 0) is 35.8 Å². The fourth-order valence-corrected chi connectivity index (χ4v) is 1.92. The van der Waals surface area contributed by atoms with Crippen LogP contribution in [0.25, 0.3) is 0 Å². The number of carbonyl (C=O) groups is 1. The summed E-state index contributed by atoms with van der Waals surface area (Å²) in [6.07, 6.45) is 0. The lowest BCUT2D eigenvalue weighted by molar-refractivity contribution is 0.102. The smallest absolute Gasteiger partial charge is 0.277 e. The Labute approximate surface area is 122 Å². The van der Waals surface area contributed by atoms with E-state index in [0.717, 1.165) is 35.9 Å². The number of rotatable bonds is 5. The van der Waals surface area contributed by atoms with Crippen molar-refractivity contribution in [3.05, 3.63) is 40.9 Å². The third kappa shape index (κ3) is 4.59. The second-order valence-corrected chi connectivity index (χ2v) is 4.33. The Morgan fingerprint density at radius 2 is 2.26 bits per heavy atom. The lowest BCUT2D eigenvalue weighted by Crippen LogP contribution is -2.14. The van der Waals surface area contributed by atoms with Crippen LogP contribution in [0, 0.1) is 0 Å². The van der Waals surface area contributed by atoms with Crippen molar-refractivity contribution < 1.29 is 4.79 Å². The van der Waals surface area contributed by atoms with Crippen LogP contribution in [0.3, 0.4) is 0 Å². The van der Waals surface area contributed by atoms with E-state index in [1.807, 2.05) is 24.3 Å². The zero-order valence-corrected chi connectivity index (χ0v) is 12.1. The third-order valence-electron chi connectivity index (χ3n) is 2.36. The molecule has 102 valence electrons. The van der Waals surface area contributed by atoms with E-state index in [9.17, 15) is 4.79 Å². The van der Waals surface area contributed by atoms with Crippen molar-refractivity contribution in [1.29, 1.82) is 0 Å². The first kappa shape index (κ1) is 15.6. The number of carbonyl (C=O) groups excluding carboxylic acids is 1. The van der Waals surface area contributed by atoms with Crippen molar-refractivity contribution in [3.8, 4) is 0 Å². The summed E-state index contributed by atoms with van der Waals surface area (Å²) >= 11 is 1.16. The summed E-state index contributed by atoms with van der Waals surface area (Å²) in [6.45, 7) is 3.76. The molecule has 7 heteroatoms. The maximum Gasteiger partial charge on any atom is 0.277 e. The molecule has 5 nitrogen and oxygen atoms in total. The molecule has 2 N–H and O–H groups in total. The second-order valence-electron chi connectivity index (χ2n) is 3.72. The van der Waals surface area contributed by atoms with Crippen molar-refractivity contribution in [2.75, 3.05) is 11.9 Å².